The van der Waals surface area contributed by atoms with Crippen molar-refractivity contribution >= 4 is 5.96 Å². The SMILES string of the molecule is CCNC(=NCc1nc(C)no1)NCC1(CCO)CCCCC1. The van der Waals surface area contributed by atoms with E-state index in [0.717, 1.165) is 25.5 Å². The lowest BCUT2D eigenvalue weighted by Gasteiger charge is -2.37. The Balaban J connectivity index is 1.94. The monoisotopic (exact) mass is 323 g/mol. The minimum atomic E-state index is 0.185. The van der Waals surface area contributed by atoms with Gasteiger partial charge in [0.05, 0.1) is 0 Å². The van der Waals surface area contributed by atoms with Gasteiger partial charge in [-0.15, -0.1) is 0 Å². The molecule has 2 rings (SSSR count). The van der Waals surface area contributed by atoms with Crippen LogP contribution in [0.2, 0.25) is 0 Å². The predicted molar refractivity (Wildman–Crippen MR) is 89.1 cm³/mol. The van der Waals surface area contributed by atoms with E-state index in [1.807, 2.05) is 6.92 Å². The molecule has 0 atom stereocenters. The lowest BCUT2D eigenvalue weighted by Crippen LogP contribution is -2.44. The topological polar surface area (TPSA) is 95.6 Å². The van der Waals surface area contributed by atoms with Crippen LogP contribution in [0.1, 0.15) is 57.2 Å². The number of nitrogens with one attached hydrogen (secondary N) is 2. The molecule has 7 heteroatoms. The zero-order chi connectivity index (χ0) is 16.5. The minimum Gasteiger partial charge on any atom is -0.396 e. The fourth-order valence-electron chi connectivity index (χ4n) is 3.22. The summed E-state index contributed by atoms with van der Waals surface area (Å²) in [5, 5.41) is 19.9. The average Bonchev–Trinajstić information content (AvgIpc) is 2.97. The summed E-state index contributed by atoms with van der Waals surface area (Å²) in [5.74, 6) is 1.89. The average molecular weight is 323 g/mol. The Hall–Kier alpha value is -1.63. The normalized spacial score (nSPS) is 18.0. The Morgan fingerprint density at radius 2 is 2.09 bits per heavy atom. The number of aliphatic hydroxyl groups excluding tert-OH is 1. The maximum Gasteiger partial charge on any atom is 0.248 e. The summed E-state index contributed by atoms with van der Waals surface area (Å²) in [6.45, 7) is 6.07. The van der Waals surface area contributed by atoms with Crippen molar-refractivity contribution in [3.8, 4) is 0 Å². The smallest absolute Gasteiger partial charge is 0.248 e. The van der Waals surface area contributed by atoms with Crippen molar-refractivity contribution in [2.24, 2.45) is 10.4 Å². The fourth-order valence-corrected chi connectivity index (χ4v) is 3.22. The summed E-state index contributed by atoms with van der Waals surface area (Å²) in [7, 11) is 0. The molecule has 1 heterocycles. The summed E-state index contributed by atoms with van der Waals surface area (Å²) in [6, 6.07) is 0. The van der Waals surface area contributed by atoms with Crippen LogP contribution < -0.4 is 10.6 Å². The maximum absolute atomic E-state index is 9.41. The van der Waals surface area contributed by atoms with Gasteiger partial charge in [0.1, 0.15) is 6.54 Å². The Bertz CT molecular complexity index is 489. The van der Waals surface area contributed by atoms with Crippen molar-refractivity contribution in [3.63, 3.8) is 0 Å². The number of aromatic nitrogens is 2. The first-order chi connectivity index (χ1) is 11.2. The summed E-state index contributed by atoms with van der Waals surface area (Å²) < 4.78 is 5.09. The third kappa shape index (κ3) is 5.49. The van der Waals surface area contributed by atoms with Gasteiger partial charge < -0.3 is 20.3 Å². The first-order valence-electron chi connectivity index (χ1n) is 8.60. The molecule has 23 heavy (non-hydrogen) atoms. The molecule has 1 aromatic heterocycles. The van der Waals surface area contributed by atoms with Gasteiger partial charge in [-0.2, -0.15) is 4.98 Å². The minimum absolute atomic E-state index is 0.185. The van der Waals surface area contributed by atoms with Crippen LogP contribution in [0.4, 0.5) is 0 Å². The Morgan fingerprint density at radius 3 is 2.70 bits per heavy atom. The fraction of sp³-hybridized carbons (Fsp3) is 0.812. The van der Waals surface area contributed by atoms with Gasteiger partial charge in [0.15, 0.2) is 11.8 Å². The van der Waals surface area contributed by atoms with E-state index in [1.165, 1.54) is 32.1 Å². The van der Waals surface area contributed by atoms with Crippen molar-refractivity contribution < 1.29 is 9.63 Å². The molecule has 0 radical (unpaired) electrons. The lowest BCUT2D eigenvalue weighted by molar-refractivity contribution is 0.131. The summed E-state index contributed by atoms with van der Waals surface area (Å²) in [4.78, 5) is 8.67. The van der Waals surface area contributed by atoms with Crippen LogP contribution in [-0.4, -0.2) is 40.9 Å². The highest BCUT2D eigenvalue weighted by Crippen LogP contribution is 2.38. The van der Waals surface area contributed by atoms with E-state index in [-0.39, 0.29) is 12.0 Å². The molecule has 1 saturated carbocycles. The molecular formula is C16H29N5O2. The molecular weight excluding hydrogens is 294 g/mol. The molecule has 1 aliphatic carbocycles. The molecule has 0 amide bonds. The van der Waals surface area contributed by atoms with Gasteiger partial charge >= 0.3 is 0 Å². The van der Waals surface area contributed by atoms with Crippen molar-refractivity contribution in [2.45, 2.75) is 58.9 Å². The Morgan fingerprint density at radius 1 is 1.30 bits per heavy atom. The van der Waals surface area contributed by atoms with Crippen molar-refractivity contribution in [1.29, 1.82) is 0 Å². The molecule has 0 aromatic carbocycles. The first-order valence-corrected chi connectivity index (χ1v) is 8.60. The molecule has 0 bridgehead atoms. The zero-order valence-electron chi connectivity index (χ0n) is 14.3. The molecule has 0 unspecified atom stereocenters. The van der Waals surface area contributed by atoms with Gasteiger partial charge in [0.2, 0.25) is 5.89 Å². The van der Waals surface area contributed by atoms with E-state index in [1.54, 1.807) is 6.92 Å². The molecule has 3 N–H and O–H groups in total. The number of hydrogen-bond donors (Lipinski definition) is 3. The van der Waals surface area contributed by atoms with Crippen LogP contribution >= 0.6 is 0 Å². The van der Waals surface area contributed by atoms with Gasteiger partial charge in [0, 0.05) is 19.7 Å². The number of nitrogens with zero attached hydrogens (tertiary/aromatic N) is 3. The molecule has 0 saturated heterocycles. The number of aliphatic imine (C=N–C) groups is 1. The quantitative estimate of drug-likeness (QED) is 0.523. The van der Waals surface area contributed by atoms with Crippen LogP contribution in [0.5, 0.6) is 0 Å². The van der Waals surface area contributed by atoms with Crippen LogP contribution in [0, 0.1) is 12.3 Å². The van der Waals surface area contributed by atoms with Crippen molar-refractivity contribution in [3.05, 3.63) is 11.7 Å². The highest BCUT2D eigenvalue weighted by molar-refractivity contribution is 5.79. The zero-order valence-corrected chi connectivity index (χ0v) is 14.3. The molecule has 0 spiro atoms. The highest BCUT2D eigenvalue weighted by atomic mass is 16.5. The maximum atomic E-state index is 9.41. The highest BCUT2D eigenvalue weighted by Gasteiger charge is 2.31. The Labute approximate surface area is 138 Å². The molecule has 7 nitrogen and oxygen atoms in total. The van der Waals surface area contributed by atoms with Crippen LogP contribution in [0.15, 0.2) is 9.52 Å². The second-order valence-electron chi connectivity index (χ2n) is 6.32. The number of aryl methyl sites for hydroxylation is 1. The third-order valence-electron chi connectivity index (χ3n) is 4.47. The standard InChI is InChI=1S/C16H29N5O2/c1-3-17-15(18-11-14-20-13(2)21-23-14)19-12-16(9-10-22)7-5-4-6-8-16/h22H,3-12H2,1-2H3,(H2,17,18,19). The molecule has 1 aromatic rings. The van der Waals surface area contributed by atoms with Gasteiger partial charge in [-0.25, -0.2) is 4.99 Å². The second-order valence-corrected chi connectivity index (χ2v) is 6.32. The molecule has 0 aliphatic heterocycles. The first kappa shape index (κ1) is 17.7. The van der Waals surface area contributed by atoms with Gasteiger partial charge in [-0.05, 0) is 38.5 Å². The van der Waals surface area contributed by atoms with Crippen molar-refractivity contribution in [2.75, 3.05) is 19.7 Å². The van der Waals surface area contributed by atoms with E-state index in [0.29, 0.717) is 18.3 Å². The third-order valence-corrected chi connectivity index (χ3v) is 4.47. The molecule has 1 fully saturated rings. The summed E-state index contributed by atoms with van der Waals surface area (Å²) >= 11 is 0. The largest absolute Gasteiger partial charge is 0.396 e. The van der Waals surface area contributed by atoms with E-state index in [9.17, 15) is 5.11 Å². The number of rotatable bonds is 7. The molecule has 1 aliphatic rings. The Kier molecular flexibility index (Phi) is 6.83. The van der Waals surface area contributed by atoms with E-state index in [4.69, 9.17) is 4.52 Å². The lowest BCUT2D eigenvalue weighted by atomic mass is 9.72. The van der Waals surface area contributed by atoms with E-state index >= 15 is 0 Å². The number of guanidine groups is 1. The predicted octanol–water partition coefficient (Wildman–Crippen LogP) is 1.77. The van der Waals surface area contributed by atoms with Crippen LogP contribution in [0.3, 0.4) is 0 Å². The van der Waals surface area contributed by atoms with Gasteiger partial charge in [0.25, 0.3) is 0 Å². The molecule has 130 valence electrons. The van der Waals surface area contributed by atoms with Crippen molar-refractivity contribution in [1.82, 2.24) is 20.8 Å². The number of aliphatic hydroxyl groups is 1. The summed E-state index contributed by atoms with van der Waals surface area (Å²) in [6.07, 6.45) is 6.99. The second kappa shape index (κ2) is 8.86. The van der Waals surface area contributed by atoms with E-state index < -0.39 is 0 Å². The number of hydrogen-bond acceptors (Lipinski definition) is 5. The van der Waals surface area contributed by atoms with Gasteiger partial charge in [-0.1, -0.05) is 24.4 Å². The summed E-state index contributed by atoms with van der Waals surface area (Å²) in [5.41, 5.74) is 0.185. The van der Waals surface area contributed by atoms with Gasteiger partial charge in [-0.3, -0.25) is 0 Å². The van der Waals surface area contributed by atoms with Crippen LogP contribution in [-0.2, 0) is 6.54 Å². The van der Waals surface area contributed by atoms with E-state index in [2.05, 4.69) is 25.8 Å². The van der Waals surface area contributed by atoms with Crippen LogP contribution in [0.25, 0.3) is 0 Å².